The minimum Gasteiger partial charge on any atom is -0.493 e. The van der Waals surface area contributed by atoms with E-state index in [2.05, 4.69) is 76.2 Å². The summed E-state index contributed by atoms with van der Waals surface area (Å²) in [6, 6.07) is 16.5. The monoisotopic (exact) mass is 915 g/mol. The Labute approximate surface area is 403 Å². The number of aromatic nitrogens is 4. The van der Waals surface area contributed by atoms with Crippen LogP contribution in [0, 0.1) is 23.7 Å². The molecule has 9 nitrogen and oxygen atoms in total. The predicted molar refractivity (Wildman–Crippen MR) is 269 cm³/mol. The van der Waals surface area contributed by atoms with Crippen LogP contribution in [0.5, 0.6) is 23.0 Å². The fraction of sp³-hybridized carbons (Fsp3) is 0.655. The number of hydrogen-bond acceptors (Lipinski definition) is 9. The lowest BCUT2D eigenvalue weighted by Crippen LogP contribution is -2.20. The molecule has 2 aliphatic heterocycles. The van der Waals surface area contributed by atoms with E-state index in [9.17, 15) is 0 Å². The molecule has 2 saturated heterocycles. The highest BCUT2D eigenvalue weighted by molar-refractivity contribution is 5.58. The molecule has 4 aliphatic rings. The molecule has 4 heterocycles. The maximum atomic E-state index is 6.79. The Bertz CT molecular complexity index is 1920. The van der Waals surface area contributed by atoms with Crippen molar-refractivity contribution in [2.24, 2.45) is 23.7 Å². The van der Waals surface area contributed by atoms with E-state index in [1.807, 2.05) is 12.4 Å². The van der Waals surface area contributed by atoms with E-state index >= 15 is 0 Å². The van der Waals surface area contributed by atoms with Crippen LogP contribution in [0.2, 0.25) is 0 Å². The van der Waals surface area contributed by atoms with Crippen LogP contribution in [-0.4, -0.2) is 57.6 Å². The number of nitrogens with zero attached hydrogens (tertiary/aromatic N) is 4. The van der Waals surface area contributed by atoms with Crippen molar-refractivity contribution < 1.29 is 23.7 Å². The first-order chi connectivity index (χ1) is 33.0. The second-order valence-electron chi connectivity index (χ2n) is 20.7. The smallest absolute Gasteiger partial charge is 0.167 e. The molecule has 0 bridgehead atoms. The average molecular weight is 915 g/mol. The van der Waals surface area contributed by atoms with E-state index in [0.29, 0.717) is 47.8 Å². The molecule has 0 radical (unpaired) electrons. The Kier molecular flexibility index (Phi) is 18.8. The van der Waals surface area contributed by atoms with Crippen molar-refractivity contribution in [1.82, 2.24) is 19.9 Å². The highest BCUT2D eigenvalue weighted by Crippen LogP contribution is 2.39. The van der Waals surface area contributed by atoms with Gasteiger partial charge in [-0.15, -0.1) is 0 Å². The van der Waals surface area contributed by atoms with Gasteiger partial charge in [0.1, 0.15) is 11.5 Å². The normalized spacial score (nSPS) is 24.6. The third-order valence-corrected chi connectivity index (χ3v) is 15.3. The van der Waals surface area contributed by atoms with E-state index in [-0.39, 0.29) is 24.4 Å². The predicted octanol–water partition coefficient (Wildman–Crippen LogP) is 14.9. The molecule has 2 aliphatic carbocycles. The standard InChI is InChI=1S/C58H82N4O5/c1-5-9-13-15-41-19-23-43(24-20-41)39-63-47-31-27-45(28-32-47)57-59-37-55(49(61-57)35-53-51(65-53)17-11-7-3)67-56-38-60-58(62-50(56)36-54-52(66-54)18-12-8-4)46-29-33-48(34-30-46)64-40-44-25-21-42(22-26-44)16-14-10-6-2/h27-34,37-38,41-44,51-54H,5-26,35-36,39-40H2,1-4H3/t41-,42-,43-,44-,51-,52-,53-,54-/m0/s1. The van der Waals surface area contributed by atoms with Crippen molar-refractivity contribution in [1.29, 1.82) is 0 Å². The number of hydrogen-bond donors (Lipinski definition) is 0. The largest absolute Gasteiger partial charge is 0.493 e. The van der Waals surface area contributed by atoms with Gasteiger partial charge in [-0.05, 0) is 111 Å². The summed E-state index contributed by atoms with van der Waals surface area (Å²) in [6.07, 6.45) is 33.8. The van der Waals surface area contributed by atoms with Gasteiger partial charge >= 0.3 is 0 Å². The van der Waals surface area contributed by atoms with E-state index in [4.69, 9.17) is 43.6 Å². The van der Waals surface area contributed by atoms with Gasteiger partial charge in [0.15, 0.2) is 23.1 Å². The highest BCUT2D eigenvalue weighted by atomic mass is 16.6. The SMILES string of the molecule is CCCCC[C@H]1CC[C@H](COc2ccc(-c3ncc(Oc4cnc(-c5ccc(OC[C@H]6CC[C@H](CCCCC)CC6)cc5)nc4C[C@@H]4O[C@H]4CCCC)c(C[C@@H]4O[C@H]4CCCC)n3)cc2)CC1. The first kappa shape index (κ1) is 49.3. The van der Waals surface area contributed by atoms with Crippen molar-refractivity contribution in [3.63, 3.8) is 0 Å². The number of ether oxygens (including phenoxy) is 5. The molecule has 0 unspecified atom stereocenters. The minimum absolute atomic E-state index is 0.110. The molecule has 4 fully saturated rings. The summed E-state index contributed by atoms with van der Waals surface area (Å²) < 4.78 is 31.8. The first-order valence-electron chi connectivity index (χ1n) is 27.1. The van der Waals surface area contributed by atoms with Gasteiger partial charge in [-0.2, -0.15) is 0 Å². The third-order valence-electron chi connectivity index (χ3n) is 15.3. The van der Waals surface area contributed by atoms with E-state index in [1.54, 1.807) is 0 Å². The third kappa shape index (κ3) is 15.0. The van der Waals surface area contributed by atoms with Gasteiger partial charge in [0.25, 0.3) is 0 Å². The molecule has 8 rings (SSSR count). The summed E-state index contributed by atoms with van der Waals surface area (Å²) in [5.74, 6) is 7.44. The fourth-order valence-electron chi connectivity index (χ4n) is 10.7. The molecule has 0 amide bonds. The van der Waals surface area contributed by atoms with Gasteiger partial charge in [0.2, 0.25) is 0 Å². The summed E-state index contributed by atoms with van der Waals surface area (Å²) >= 11 is 0. The van der Waals surface area contributed by atoms with E-state index in [1.165, 1.54) is 103 Å². The first-order valence-corrected chi connectivity index (χ1v) is 27.1. The molecule has 2 saturated carbocycles. The van der Waals surface area contributed by atoms with Gasteiger partial charge in [-0.25, -0.2) is 19.9 Å². The zero-order valence-electron chi connectivity index (χ0n) is 41.6. The second kappa shape index (κ2) is 25.5. The molecular formula is C58H82N4O5. The number of unbranched alkanes of at least 4 members (excludes halogenated alkanes) is 6. The van der Waals surface area contributed by atoms with E-state index in [0.717, 1.165) is 97.6 Å². The van der Waals surface area contributed by atoms with Crippen LogP contribution in [0.15, 0.2) is 60.9 Å². The van der Waals surface area contributed by atoms with Gasteiger partial charge in [0.05, 0.1) is 61.4 Å². The number of epoxide rings is 2. The van der Waals surface area contributed by atoms with Crippen LogP contribution in [0.25, 0.3) is 22.8 Å². The van der Waals surface area contributed by atoms with Crippen LogP contribution in [-0.2, 0) is 22.3 Å². The zero-order valence-corrected chi connectivity index (χ0v) is 41.6. The molecule has 4 aromatic rings. The molecule has 364 valence electrons. The topological polar surface area (TPSA) is 104 Å². The van der Waals surface area contributed by atoms with Crippen LogP contribution in [0.3, 0.4) is 0 Å². The Hall–Kier alpha value is -4.08. The van der Waals surface area contributed by atoms with Crippen LogP contribution in [0.1, 0.15) is 180 Å². The zero-order chi connectivity index (χ0) is 46.2. The lowest BCUT2D eigenvalue weighted by Gasteiger charge is -2.28. The van der Waals surface area contributed by atoms with Gasteiger partial charge in [-0.3, -0.25) is 0 Å². The molecule has 9 heteroatoms. The lowest BCUT2D eigenvalue weighted by molar-refractivity contribution is 0.177. The Morgan fingerprint density at radius 2 is 0.836 bits per heavy atom. The second-order valence-corrected chi connectivity index (χ2v) is 20.7. The fourth-order valence-corrected chi connectivity index (χ4v) is 10.7. The Morgan fingerprint density at radius 1 is 0.448 bits per heavy atom. The van der Waals surface area contributed by atoms with Crippen molar-refractivity contribution >= 4 is 0 Å². The summed E-state index contributed by atoms with van der Waals surface area (Å²) in [6.45, 7) is 10.6. The summed E-state index contributed by atoms with van der Waals surface area (Å²) in [7, 11) is 0. The molecule has 67 heavy (non-hydrogen) atoms. The summed E-state index contributed by atoms with van der Waals surface area (Å²) in [5.41, 5.74) is 3.55. The molecule has 4 atom stereocenters. The maximum Gasteiger partial charge on any atom is 0.167 e. The molecule has 0 N–H and O–H groups in total. The highest BCUT2D eigenvalue weighted by Gasteiger charge is 2.40. The van der Waals surface area contributed by atoms with Crippen molar-refractivity contribution in [3.05, 3.63) is 72.3 Å². The summed E-state index contributed by atoms with van der Waals surface area (Å²) in [5, 5.41) is 0. The van der Waals surface area contributed by atoms with Crippen molar-refractivity contribution in [2.75, 3.05) is 13.2 Å². The molecule has 2 aromatic heterocycles. The molecule has 2 aromatic carbocycles. The van der Waals surface area contributed by atoms with Gasteiger partial charge in [-0.1, -0.05) is 130 Å². The van der Waals surface area contributed by atoms with Crippen molar-refractivity contribution in [3.8, 4) is 45.8 Å². The van der Waals surface area contributed by atoms with Crippen LogP contribution >= 0.6 is 0 Å². The van der Waals surface area contributed by atoms with Crippen LogP contribution in [0.4, 0.5) is 0 Å². The number of rotatable bonds is 28. The van der Waals surface area contributed by atoms with Crippen molar-refractivity contribution in [2.45, 2.75) is 206 Å². The van der Waals surface area contributed by atoms with Crippen LogP contribution < -0.4 is 14.2 Å². The number of benzene rings is 2. The average Bonchev–Trinajstić information content (AvgIpc) is 4.30. The van der Waals surface area contributed by atoms with E-state index < -0.39 is 0 Å². The van der Waals surface area contributed by atoms with Gasteiger partial charge in [0, 0.05) is 24.0 Å². The Balaban J connectivity index is 0.935. The minimum atomic E-state index is 0.110. The quantitative estimate of drug-likeness (QED) is 0.0407. The summed E-state index contributed by atoms with van der Waals surface area (Å²) in [4.78, 5) is 20.1. The molecular weight excluding hydrogens is 833 g/mol. The Morgan fingerprint density at radius 3 is 1.22 bits per heavy atom. The lowest BCUT2D eigenvalue weighted by atomic mass is 9.80. The van der Waals surface area contributed by atoms with Gasteiger partial charge < -0.3 is 23.7 Å². The maximum absolute atomic E-state index is 6.79. The molecule has 0 spiro atoms.